The smallest absolute Gasteiger partial charge is 0.261 e. The number of ether oxygens (including phenoxy) is 3. The molecule has 3 heterocycles. The lowest BCUT2D eigenvalue weighted by molar-refractivity contribution is -0.123. The molecule has 1 aromatic heterocycles. The molecule has 8 heteroatoms. The molecule has 0 spiro atoms. The molecule has 0 saturated heterocycles. The van der Waals surface area contributed by atoms with Crippen LogP contribution in [0.1, 0.15) is 30.7 Å². The fraction of sp³-hybridized carbons (Fsp3) is 0.348. The van der Waals surface area contributed by atoms with E-state index in [1.165, 1.54) is 0 Å². The number of fused-ring (bicyclic) bond motifs is 3. The van der Waals surface area contributed by atoms with Crippen LogP contribution in [0.25, 0.3) is 10.9 Å². The minimum Gasteiger partial charge on any atom is -0.484 e. The lowest BCUT2D eigenvalue weighted by Gasteiger charge is -2.11. The number of nitrogens with one attached hydrogen (secondary N) is 1. The summed E-state index contributed by atoms with van der Waals surface area (Å²) in [6.07, 6.45) is 3.97. The molecule has 0 aliphatic carbocycles. The molecule has 0 fully saturated rings. The van der Waals surface area contributed by atoms with Gasteiger partial charge in [0.15, 0.2) is 18.1 Å². The van der Waals surface area contributed by atoms with E-state index in [2.05, 4.69) is 10.3 Å². The summed E-state index contributed by atoms with van der Waals surface area (Å²) in [5.74, 6) is 2.45. The van der Waals surface area contributed by atoms with Gasteiger partial charge in [-0.05, 0) is 48.7 Å². The Morgan fingerprint density at radius 1 is 1.10 bits per heavy atom. The number of nitrogens with zero attached hydrogens (tertiary/aromatic N) is 2. The predicted octanol–water partition coefficient (Wildman–Crippen LogP) is 2.55. The Bertz CT molecular complexity index is 1200. The van der Waals surface area contributed by atoms with Crippen molar-refractivity contribution in [3.05, 3.63) is 58.1 Å². The molecule has 1 N–H and O–H groups in total. The largest absolute Gasteiger partial charge is 0.484 e. The van der Waals surface area contributed by atoms with E-state index in [0.29, 0.717) is 41.2 Å². The van der Waals surface area contributed by atoms with Gasteiger partial charge in [-0.3, -0.25) is 14.2 Å². The number of rotatable bonds is 5. The highest BCUT2D eigenvalue weighted by atomic mass is 16.7. The zero-order valence-corrected chi connectivity index (χ0v) is 17.1. The molecule has 31 heavy (non-hydrogen) atoms. The van der Waals surface area contributed by atoms with E-state index >= 15 is 0 Å². The summed E-state index contributed by atoms with van der Waals surface area (Å²) >= 11 is 0. The number of hydrogen-bond acceptors (Lipinski definition) is 6. The number of benzene rings is 2. The predicted molar refractivity (Wildman–Crippen MR) is 113 cm³/mol. The minimum atomic E-state index is -0.255. The summed E-state index contributed by atoms with van der Waals surface area (Å²) in [6.45, 7) is 1.13. The van der Waals surface area contributed by atoms with E-state index in [1.54, 1.807) is 22.8 Å². The van der Waals surface area contributed by atoms with Crippen LogP contribution in [0.4, 0.5) is 0 Å². The highest BCUT2D eigenvalue weighted by molar-refractivity contribution is 5.80. The Morgan fingerprint density at radius 2 is 2.00 bits per heavy atom. The van der Waals surface area contributed by atoms with Crippen LogP contribution in [0.2, 0.25) is 0 Å². The molecular weight excluding hydrogens is 398 g/mol. The van der Waals surface area contributed by atoms with Crippen molar-refractivity contribution in [2.45, 2.75) is 38.8 Å². The van der Waals surface area contributed by atoms with Crippen LogP contribution in [-0.4, -0.2) is 28.9 Å². The third kappa shape index (κ3) is 4.05. The van der Waals surface area contributed by atoms with E-state index < -0.39 is 0 Å². The average Bonchev–Trinajstić information content (AvgIpc) is 3.13. The molecule has 2 aliphatic heterocycles. The third-order valence-electron chi connectivity index (χ3n) is 5.58. The van der Waals surface area contributed by atoms with Crippen molar-refractivity contribution >= 4 is 16.8 Å². The van der Waals surface area contributed by atoms with Gasteiger partial charge in [-0.25, -0.2) is 4.98 Å². The van der Waals surface area contributed by atoms with Crippen LogP contribution in [0.3, 0.4) is 0 Å². The first-order chi connectivity index (χ1) is 15.2. The zero-order valence-electron chi connectivity index (χ0n) is 17.1. The zero-order chi connectivity index (χ0) is 21.2. The van der Waals surface area contributed by atoms with Gasteiger partial charge < -0.3 is 19.5 Å². The molecule has 0 unspecified atom stereocenters. The fourth-order valence-electron chi connectivity index (χ4n) is 3.94. The average molecular weight is 421 g/mol. The second-order valence-electron chi connectivity index (χ2n) is 7.73. The summed E-state index contributed by atoms with van der Waals surface area (Å²) in [5, 5.41) is 3.34. The lowest BCUT2D eigenvalue weighted by Crippen LogP contribution is -2.28. The first-order valence-corrected chi connectivity index (χ1v) is 10.5. The standard InChI is InChI=1S/C23H23N3O5/c27-22(24-12-15-5-8-19-20(10-15)31-14-30-19)13-29-16-6-7-18-17(11-16)23(28)26-9-3-1-2-4-21(26)25-18/h5-8,10-11H,1-4,9,12-14H2,(H,24,27). The molecule has 0 radical (unpaired) electrons. The Labute approximate surface area is 178 Å². The second-order valence-corrected chi connectivity index (χ2v) is 7.73. The number of carbonyl (C=O) groups is 1. The topological polar surface area (TPSA) is 91.7 Å². The quantitative estimate of drug-likeness (QED) is 0.681. The molecule has 0 bridgehead atoms. The van der Waals surface area contributed by atoms with Gasteiger partial charge in [0.2, 0.25) is 6.79 Å². The number of amides is 1. The molecule has 3 aromatic rings. The van der Waals surface area contributed by atoms with Gasteiger partial charge >= 0.3 is 0 Å². The molecule has 0 saturated carbocycles. The van der Waals surface area contributed by atoms with E-state index in [1.807, 2.05) is 18.2 Å². The maximum atomic E-state index is 12.9. The van der Waals surface area contributed by atoms with Gasteiger partial charge in [0, 0.05) is 19.5 Å². The molecule has 160 valence electrons. The molecule has 5 rings (SSSR count). The minimum absolute atomic E-state index is 0.0420. The van der Waals surface area contributed by atoms with Crippen molar-refractivity contribution in [1.29, 1.82) is 0 Å². The van der Waals surface area contributed by atoms with Gasteiger partial charge in [-0.15, -0.1) is 0 Å². The van der Waals surface area contributed by atoms with Crippen molar-refractivity contribution in [1.82, 2.24) is 14.9 Å². The third-order valence-corrected chi connectivity index (χ3v) is 5.58. The highest BCUT2D eigenvalue weighted by Crippen LogP contribution is 2.32. The number of aromatic nitrogens is 2. The van der Waals surface area contributed by atoms with Crippen LogP contribution >= 0.6 is 0 Å². The number of aryl methyl sites for hydroxylation is 1. The van der Waals surface area contributed by atoms with Crippen molar-refractivity contribution in [3.63, 3.8) is 0 Å². The summed E-state index contributed by atoms with van der Waals surface area (Å²) in [6, 6.07) is 10.7. The van der Waals surface area contributed by atoms with Crippen LogP contribution < -0.4 is 25.1 Å². The van der Waals surface area contributed by atoms with E-state index in [4.69, 9.17) is 14.2 Å². The first kappa shape index (κ1) is 19.4. The van der Waals surface area contributed by atoms with Crippen molar-refractivity contribution in [3.8, 4) is 17.2 Å². The van der Waals surface area contributed by atoms with Crippen LogP contribution in [0.15, 0.2) is 41.2 Å². The van der Waals surface area contributed by atoms with Crippen molar-refractivity contribution in [2.75, 3.05) is 13.4 Å². The van der Waals surface area contributed by atoms with Crippen LogP contribution in [0, 0.1) is 0 Å². The number of carbonyl (C=O) groups excluding carboxylic acids is 1. The lowest BCUT2D eigenvalue weighted by atomic mass is 10.2. The summed E-state index contributed by atoms with van der Waals surface area (Å²) in [7, 11) is 0. The van der Waals surface area contributed by atoms with E-state index in [-0.39, 0.29) is 24.9 Å². The fourth-order valence-corrected chi connectivity index (χ4v) is 3.94. The second kappa shape index (κ2) is 8.29. The highest BCUT2D eigenvalue weighted by Gasteiger charge is 2.15. The SMILES string of the molecule is O=C(COc1ccc2nc3n(c(=O)c2c1)CCCCC3)NCc1ccc2c(c1)OCO2. The maximum absolute atomic E-state index is 12.9. The molecule has 1 amide bonds. The monoisotopic (exact) mass is 421 g/mol. The Kier molecular flexibility index (Phi) is 5.19. The van der Waals surface area contributed by atoms with Crippen molar-refractivity contribution < 1.29 is 19.0 Å². The summed E-state index contributed by atoms with van der Waals surface area (Å²) < 4.78 is 18.0. The molecule has 0 atom stereocenters. The first-order valence-electron chi connectivity index (χ1n) is 10.5. The molecule has 2 aliphatic rings. The summed E-state index contributed by atoms with van der Waals surface area (Å²) in [4.78, 5) is 29.8. The van der Waals surface area contributed by atoms with Crippen molar-refractivity contribution in [2.24, 2.45) is 0 Å². The van der Waals surface area contributed by atoms with Crippen LogP contribution in [-0.2, 0) is 24.3 Å². The van der Waals surface area contributed by atoms with Gasteiger partial charge in [0.25, 0.3) is 11.5 Å². The maximum Gasteiger partial charge on any atom is 0.261 e. The normalized spacial score (nSPS) is 14.7. The Morgan fingerprint density at radius 3 is 2.94 bits per heavy atom. The molecular formula is C23H23N3O5. The summed E-state index contributed by atoms with van der Waals surface area (Å²) in [5.41, 5.74) is 1.53. The number of hydrogen-bond donors (Lipinski definition) is 1. The van der Waals surface area contributed by atoms with Gasteiger partial charge in [0.1, 0.15) is 11.6 Å². The Hall–Kier alpha value is -3.55. The molecule has 2 aromatic carbocycles. The van der Waals surface area contributed by atoms with E-state index in [0.717, 1.165) is 37.1 Å². The van der Waals surface area contributed by atoms with Gasteiger partial charge in [0.05, 0.1) is 10.9 Å². The Balaban J connectivity index is 1.23. The molecule has 8 nitrogen and oxygen atoms in total. The van der Waals surface area contributed by atoms with E-state index in [9.17, 15) is 9.59 Å². The van der Waals surface area contributed by atoms with Gasteiger partial charge in [-0.1, -0.05) is 12.5 Å². The van der Waals surface area contributed by atoms with Gasteiger partial charge in [-0.2, -0.15) is 0 Å². The van der Waals surface area contributed by atoms with Crippen LogP contribution in [0.5, 0.6) is 17.2 Å².